The van der Waals surface area contributed by atoms with Crippen molar-refractivity contribution in [1.29, 1.82) is 0 Å². The molecule has 0 aliphatic heterocycles. The third-order valence-corrected chi connectivity index (χ3v) is 3.82. The van der Waals surface area contributed by atoms with Gasteiger partial charge in [-0.25, -0.2) is 4.98 Å². The molecule has 0 spiro atoms. The first-order valence-corrected chi connectivity index (χ1v) is 6.90. The summed E-state index contributed by atoms with van der Waals surface area (Å²) in [5.74, 6) is 1.53. The minimum Gasteiger partial charge on any atom is -0.343 e. The van der Waals surface area contributed by atoms with E-state index >= 15 is 0 Å². The molecule has 0 radical (unpaired) electrons. The highest BCUT2D eigenvalue weighted by Crippen LogP contribution is 2.33. The summed E-state index contributed by atoms with van der Waals surface area (Å²) in [6, 6.07) is 12.2. The van der Waals surface area contributed by atoms with E-state index in [1.54, 1.807) is 0 Å². The number of nitrogens with zero attached hydrogens (tertiary/aromatic N) is 1. The Hall–Kier alpha value is -1.48. The number of hydrogen-bond donors (Lipinski definition) is 1. The first-order chi connectivity index (χ1) is 8.83. The van der Waals surface area contributed by atoms with Crippen LogP contribution >= 0.6 is 12.2 Å². The van der Waals surface area contributed by atoms with Gasteiger partial charge in [0.1, 0.15) is 10.5 Å². The maximum absolute atomic E-state index is 5.29. The van der Waals surface area contributed by atoms with E-state index in [-0.39, 0.29) is 0 Å². The molecule has 18 heavy (non-hydrogen) atoms. The molecule has 2 nitrogen and oxygen atoms in total. The molecule has 3 heteroatoms. The number of aromatic nitrogens is 2. The van der Waals surface area contributed by atoms with Gasteiger partial charge >= 0.3 is 0 Å². The van der Waals surface area contributed by atoms with Crippen LogP contribution in [0, 0.1) is 4.64 Å². The molecule has 1 fully saturated rings. The van der Waals surface area contributed by atoms with Crippen LogP contribution in [-0.4, -0.2) is 9.97 Å². The summed E-state index contributed by atoms with van der Waals surface area (Å²) >= 11 is 5.29. The monoisotopic (exact) mass is 256 g/mol. The second kappa shape index (κ2) is 5.02. The molecule has 1 aromatic carbocycles. The Morgan fingerprint density at radius 1 is 1.11 bits per heavy atom. The molecule has 1 aliphatic carbocycles. The molecule has 0 amide bonds. The lowest BCUT2D eigenvalue weighted by Crippen LogP contribution is -2.00. The molecule has 0 unspecified atom stereocenters. The maximum Gasteiger partial charge on any atom is 0.139 e. The van der Waals surface area contributed by atoms with Crippen molar-refractivity contribution < 1.29 is 0 Å². The van der Waals surface area contributed by atoms with Gasteiger partial charge in [0.05, 0.1) is 0 Å². The van der Waals surface area contributed by atoms with E-state index in [1.165, 1.54) is 31.4 Å². The lowest BCUT2D eigenvalue weighted by molar-refractivity contribution is 0.694. The minimum atomic E-state index is 0.636. The summed E-state index contributed by atoms with van der Waals surface area (Å²) in [6.45, 7) is 0. The quantitative estimate of drug-likeness (QED) is 0.803. The van der Waals surface area contributed by atoms with Crippen LogP contribution in [0.5, 0.6) is 0 Å². The van der Waals surface area contributed by atoms with Crippen LogP contribution in [0.25, 0.3) is 11.4 Å². The van der Waals surface area contributed by atoms with Crippen LogP contribution in [0.4, 0.5) is 0 Å². The predicted molar refractivity (Wildman–Crippen MR) is 76.1 cm³/mol. The largest absolute Gasteiger partial charge is 0.343 e. The van der Waals surface area contributed by atoms with E-state index in [2.05, 4.69) is 22.1 Å². The van der Waals surface area contributed by atoms with E-state index < -0.39 is 0 Å². The minimum absolute atomic E-state index is 0.636. The smallest absolute Gasteiger partial charge is 0.139 e. The lowest BCUT2D eigenvalue weighted by Gasteiger charge is -2.11. The lowest BCUT2D eigenvalue weighted by atomic mass is 10.0. The van der Waals surface area contributed by atoms with E-state index in [1.807, 2.05) is 24.3 Å². The summed E-state index contributed by atoms with van der Waals surface area (Å²) < 4.78 is 0.689. The van der Waals surface area contributed by atoms with Crippen molar-refractivity contribution >= 4 is 12.2 Å². The molecule has 0 bridgehead atoms. The summed E-state index contributed by atoms with van der Waals surface area (Å²) in [6.07, 6.45) is 5.19. The van der Waals surface area contributed by atoms with Gasteiger partial charge in [0.15, 0.2) is 0 Å². The Morgan fingerprint density at radius 2 is 1.83 bits per heavy atom. The van der Waals surface area contributed by atoms with Gasteiger partial charge < -0.3 is 4.98 Å². The van der Waals surface area contributed by atoms with Crippen LogP contribution in [-0.2, 0) is 0 Å². The van der Waals surface area contributed by atoms with Crippen molar-refractivity contribution in [2.75, 3.05) is 0 Å². The molecular weight excluding hydrogens is 240 g/mol. The molecule has 0 atom stereocenters. The van der Waals surface area contributed by atoms with Crippen LogP contribution in [0.1, 0.15) is 37.3 Å². The van der Waals surface area contributed by atoms with Gasteiger partial charge in [-0.05, 0) is 24.8 Å². The zero-order valence-electron chi connectivity index (χ0n) is 10.2. The Kier molecular flexibility index (Phi) is 3.24. The Bertz CT molecular complexity index is 583. The van der Waals surface area contributed by atoms with Gasteiger partial charge in [-0.3, -0.25) is 0 Å². The number of H-pyrrole nitrogens is 1. The zero-order chi connectivity index (χ0) is 12.4. The van der Waals surface area contributed by atoms with Gasteiger partial charge in [-0.2, -0.15) is 0 Å². The third-order valence-electron chi connectivity index (χ3n) is 3.61. The summed E-state index contributed by atoms with van der Waals surface area (Å²) in [5.41, 5.74) is 2.36. The first-order valence-electron chi connectivity index (χ1n) is 6.49. The van der Waals surface area contributed by atoms with Crippen molar-refractivity contribution in [3.05, 3.63) is 46.7 Å². The van der Waals surface area contributed by atoms with E-state index in [9.17, 15) is 0 Å². The average Bonchev–Trinajstić information content (AvgIpc) is 2.93. The normalized spacial score (nSPS) is 16.0. The van der Waals surface area contributed by atoms with Crippen molar-refractivity contribution in [2.24, 2.45) is 0 Å². The van der Waals surface area contributed by atoms with Crippen molar-refractivity contribution in [1.82, 2.24) is 9.97 Å². The first kappa shape index (κ1) is 11.6. The summed E-state index contributed by atoms with van der Waals surface area (Å²) in [5, 5.41) is 0. The fourth-order valence-corrected chi connectivity index (χ4v) is 2.88. The van der Waals surface area contributed by atoms with Crippen LogP contribution in [0.15, 0.2) is 36.4 Å². The molecule has 2 aromatic rings. The van der Waals surface area contributed by atoms with E-state index in [0.29, 0.717) is 10.6 Å². The van der Waals surface area contributed by atoms with Crippen LogP contribution in [0.2, 0.25) is 0 Å². The molecule has 1 heterocycles. The second-order valence-corrected chi connectivity index (χ2v) is 5.29. The van der Waals surface area contributed by atoms with E-state index in [0.717, 1.165) is 11.4 Å². The van der Waals surface area contributed by atoms with Gasteiger partial charge in [0, 0.05) is 11.3 Å². The van der Waals surface area contributed by atoms with Gasteiger partial charge in [0.25, 0.3) is 0 Å². The number of rotatable bonds is 2. The van der Waals surface area contributed by atoms with Gasteiger partial charge in [-0.1, -0.05) is 55.4 Å². The molecular formula is C15H16N2S. The fourth-order valence-electron chi connectivity index (χ4n) is 2.67. The highest BCUT2D eigenvalue weighted by molar-refractivity contribution is 7.71. The van der Waals surface area contributed by atoms with Crippen LogP contribution < -0.4 is 0 Å². The maximum atomic E-state index is 5.29. The third kappa shape index (κ3) is 2.36. The number of nitrogens with one attached hydrogen (secondary N) is 1. The van der Waals surface area contributed by atoms with Gasteiger partial charge in [0.2, 0.25) is 0 Å². The standard InChI is InChI=1S/C15H16N2S/c18-14-10-13(11-6-4-5-7-11)16-15(17-14)12-8-2-1-3-9-12/h1-3,8-11H,4-7H2,(H,16,17,18). The summed E-state index contributed by atoms with van der Waals surface area (Å²) in [7, 11) is 0. The molecule has 0 saturated heterocycles. The van der Waals surface area contributed by atoms with Crippen molar-refractivity contribution in [3.63, 3.8) is 0 Å². The van der Waals surface area contributed by atoms with Crippen molar-refractivity contribution in [3.8, 4) is 11.4 Å². The molecule has 1 saturated carbocycles. The average molecular weight is 256 g/mol. The second-order valence-electron chi connectivity index (χ2n) is 4.87. The molecule has 1 N–H and O–H groups in total. The Labute approximate surface area is 112 Å². The highest BCUT2D eigenvalue weighted by atomic mass is 32.1. The fraction of sp³-hybridized carbons (Fsp3) is 0.333. The number of benzene rings is 1. The molecule has 92 valence electrons. The highest BCUT2D eigenvalue weighted by Gasteiger charge is 2.18. The summed E-state index contributed by atoms with van der Waals surface area (Å²) in [4.78, 5) is 7.90. The number of aromatic amines is 1. The van der Waals surface area contributed by atoms with Crippen molar-refractivity contribution in [2.45, 2.75) is 31.6 Å². The number of hydrogen-bond acceptors (Lipinski definition) is 2. The molecule has 1 aromatic heterocycles. The molecule has 1 aliphatic rings. The molecule has 3 rings (SSSR count). The SMILES string of the molecule is S=c1cc(C2CCCC2)[nH]c(-c2ccccc2)n1. The predicted octanol–water partition coefficient (Wildman–Crippen LogP) is 4.46. The van der Waals surface area contributed by atoms with Gasteiger partial charge in [-0.15, -0.1) is 0 Å². The Balaban J connectivity index is 2.03. The topological polar surface area (TPSA) is 28.7 Å². The van der Waals surface area contributed by atoms with Crippen LogP contribution in [0.3, 0.4) is 0 Å². The zero-order valence-corrected chi connectivity index (χ0v) is 11.0. The Morgan fingerprint density at radius 3 is 2.56 bits per heavy atom. The van der Waals surface area contributed by atoms with E-state index in [4.69, 9.17) is 12.2 Å².